The maximum Gasteiger partial charge on any atom is 0.313 e. The lowest BCUT2D eigenvalue weighted by Gasteiger charge is -2.32. The van der Waals surface area contributed by atoms with E-state index in [0.717, 1.165) is 25.9 Å². The van der Waals surface area contributed by atoms with Gasteiger partial charge in [-0.2, -0.15) is 0 Å². The molecule has 136 valence electrons. The van der Waals surface area contributed by atoms with Crippen molar-refractivity contribution in [1.29, 1.82) is 0 Å². The van der Waals surface area contributed by atoms with Crippen molar-refractivity contribution in [1.82, 2.24) is 10.2 Å². The van der Waals surface area contributed by atoms with E-state index in [9.17, 15) is 14.4 Å². The molecule has 7 nitrogen and oxygen atoms in total. The number of ketones is 1. The number of rotatable bonds is 6. The lowest BCUT2D eigenvalue weighted by Crippen LogP contribution is -2.50. The van der Waals surface area contributed by atoms with Crippen molar-refractivity contribution >= 4 is 23.3 Å². The Bertz CT molecular complexity index is 633. The normalized spacial score (nSPS) is 17.8. The molecule has 0 radical (unpaired) electrons. The standard InChI is InChI=1S/C18H25N3O4/c1-13(22)14-5-3-6-15(11-14)19-17(23)18(24)20-16-7-4-8-21(12-16)9-10-25-2/h3,5-6,11,16H,4,7-10,12H2,1-2H3,(H,19,23)(H,20,24)/t16-/m0/s1. The minimum Gasteiger partial charge on any atom is -0.383 e. The molecule has 1 aliphatic rings. The van der Waals surface area contributed by atoms with Gasteiger partial charge in [0.05, 0.1) is 6.61 Å². The van der Waals surface area contributed by atoms with Crippen LogP contribution in [0.25, 0.3) is 0 Å². The van der Waals surface area contributed by atoms with Gasteiger partial charge in [-0.25, -0.2) is 0 Å². The smallest absolute Gasteiger partial charge is 0.313 e. The number of anilines is 1. The Morgan fingerprint density at radius 3 is 2.80 bits per heavy atom. The molecular weight excluding hydrogens is 322 g/mol. The van der Waals surface area contributed by atoms with E-state index in [1.165, 1.54) is 6.92 Å². The molecule has 25 heavy (non-hydrogen) atoms. The van der Waals surface area contributed by atoms with Crippen molar-refractivity contribution in [2.45, 2.75) is 25.8 Å². The fourth-order valence-electron chi connectivity index (χ4n) is 2.85. The van der Waals surface area contributed by atoms with Gasteiger partial charge < -0.3 is 15.4 Å². The van der Waals surface area contributed by atoms with Crippen molar-refractivity contribution in [2.24, 2.45) is 0 Å². The van der Waals surface area contributed by atoms with Crippen molar-refractivity contribution in [3.63, 3.8) is 0 Å². The molecule has 1 aliphatic heterocycles. The highest BCUT2D eigenvalue weighted by Gasteiger charge is 2.24. The summed E-state index contributed by atoms with van der Waals surface area (Å²) >= 11 is 0. The zero-order valence-corrected chi connectivity index (χ0v) is 14.7. The Kier molecular flexibility index (Phi) is 7.09. The number of Topliss-reactive ketones (excluding diaryl/α,β-unsaturated/α-hetero) is 1. The Labute approximate surface area is 147 Å². The van der Waals surface area contributed by atoms with Crippen LogP contribution in [0.5, 0.6) is 0 Å². The second-order valence-corrected chi connectivity index (χ2v) is 6.20. The fraction of sp³-hybridized carbons (Fsp3) is 0.500. The minimum absolute atomic E-state index is 0.0487. The molecule has 0 spiro atoms. The Hall–Kier alpha value is -2.25. The van der Waals surface area contributed by atoms with Crippen molar-refractivity contribution in [3.8, 4) is 0 Å². The van der Waals surface area contributed by atoms with Crippen molar-refractivity contribution in [2.75, 3.05) is 38.7 Å². The number of hydrogen-bond donors (Lipinski definition) is 2. The molecule has 1 heterocycles. The molecule has 0 saturated carbocycles. The number of benzene rings is 1. The van der Waals surface area contributed by atoms with Crippen LogP contribution >= 0.6 is 0 Å². The van der Waals surface area contributed by atoms with Gasteiger partial charge in [0.25, 0.3) is 0 Å². The summed E-state index contributed by atoms with van der Waals surface area (Å²) in [4.78, 5) is 37.8. The van der Waals surface area contributed by atoms with Gasteiger partial charge in [-0.1, -0.05) is 12.1 Å². The zero-order chi connectivity index (χ0) is 18.2. The third kappa shape index (κ3) is 5.95. The Morgan fingerprint density at radius 1 is 1.28 bits per heavy atom. The van der Waals surface area contributed by atoms with E-state index < -0.39 is 11.8 Å². The lowest BCUT2D eigenvalue weighted by atomic mass is 10.1. The largest absolute Gasteiger partial charge is 0.383 e. The van der Waals surface area contributed by atoms with Gasteiger partial charge in [0.1, 0.15) is 0 Å². The Balaban J connectivity index is 1.86. The van der Waals surface area contributed by atoms with Crippen LogP contribution in [-0.4, -0.2) is 61.9 Å². The zero-order valence-electron chi connectivity index (χ0n) is 14.7. The number of carbonyl (C=O) groups is 3. The average molecular weight is 347 g/mol. The molecule has 2 rings (SSSR count). The van der Waals surface area contributed by atoms with Crippen molar-refractivity contribution < 1.29 is 19.1 Å². The lowest BCUT2D eigenvalue weighted by molar-refractivity contribution is -0.136. The van der Waals surface area contributed by atoms with Crippen LogP contribution in [-0.2, 0) is 14.3 Å². The SMILES string of the molecule is COCCN1CCC[C@H](NC(=O)C(=O)Nc2cccc(C(C)=O)c2)C1. The molecule has 0 aromatic heterocycles. The summed E-state index contributed by atoms with van der Waals surface area (Å²) in [5, 5.41) is 5.32. The van der Waals surface area contributed by atoms with Gasteiger partial charge in [-0.15, -0.1) is 0 Å². The quantitative estimate of drug-likeness (QED) is 0.593. The van der Waals surface area contributed by atoms with Crippen LogP contribution in [0.4, 0.5) is 5.69 Å². The van der Waals surface area contributed by atoms with Gasteiger partial charge >= 0.3 is 11.8 Å². The number of methoxy groups -OCH3 is 1. The van der Waals surface area contributed by atoms with E-state index >= 15 is 0 Å². The number of ether oxygens (including phenoxy) is 1. The molecule has 1 atom stereocenters. The molecule has 2 amide bonds. The predicted molar refractivity (Wildman–Crippen MR) is 94.6 cm³/mol. The number of nitrogens with zero attached hydrogens (tertiary/aromatic N) is 1. The summed E-state index contributed by atoms with van der Waals surface area (Å²) < 4.78 is 5.07. The van der Waals surface area contributed by atoms with E-state index in [0.29, 0.717) is 24.4 Å². The first-order valence-corrected chi connectivity index (χ1v) is 8.43. The molecule has 1 fully saturated rings. The van der Waals surface area contributed by atoms with E-state index in [1.807, 2.05) is 0 Å². The highest BCUT2D eigenvalue weighted by molar-refractivity contribution is 6.39. The molecule has 1 saturated heterocycles. The molecule has 0 bridgehead atoms. The van der Waals surface area contributed by atoms with Gasteiger partial charge in [0.2, 0.25) is 0 Å². The number of hydrogen-bond acceptors (Lipinski definition) is 5. The van der Waals surface area contributed by atoms with Crippen LogP contribution in [0.3, 0.4) is 0 Å². The fourth-order valence-corrected chi connectivity index (χ4v) is 2.85. The van der Waals surface area contributed by atoms with Gasteiger partial charge in [0.15, 0.2) is 5.78 Å². The second kappa shape index (κ2) is 9.29. The first-order chi connectivity index (χ1) is 12.0. The summed E-state index contributed by atoms with van der Waals surface area (Å²) in [5.74, 6) is -1.49. The van der Waals surface area contributed by atoms with Crippen LogP contribution in [0.1, 0.15) is 30.1 Å². The monoisotopic (exact) mass is 347 g/mol. The molecule has 2 N–H and O–H groups in total. The number of carbonyl (C=O) groups excluding carboxylic acids is 3. The highest BCUT2D eigenvalue weighted by Crippen LogP contribution is 2.12. The average Bonchev–Trinajstić information content (AvgIpc) is 2.60. The Morgan fingerprint density at radius 2 is 2.08 bits per heavy atom. The molecule has 7 heteroatoms. The van der Waals surface area contributed by atoms with Gasteiger partial charge in [-0.05, 0) is 38.4 Å². The van der Waals surface area contributed by atoms with E-state index in [1.54, 1.807) is 31.4 Å². The van der Waals surface area contributed by atoms with Gasteiger partial charge in [-0.3, -0.25) is 19.3 Å². The van der Waals surface area contributed by atoms with E-state index in [2.05, 4.69) is 15.5 Å². The number of likely N-dealkylation sites (tertiary alicyclic amines) is 1. The molecular formula is C18H25N3O4. The third-order valence-corrected chi connectivity index (χ3v) is 4.19. The maximum absolute atomic E-state index is 12.1. The predicted octanol–water partition coefficient (Wildman–Crippen LogP) is 1.05. The molecule has 0 aliphatic carbocycles. The summed E-state index contributed by atoms with van der Waals surface area (Å²) in [7, 11) is 1.66. The highest BCUT2D eigenvalue weighted by atomic mass is 16.5. The number of nitrogens with one attached hydrogen (secondary N) is 2. The molecule has 1 aromatic carbocycles. The second-order valence-electron chi connectivity index (χ2n) is 6.20. The van der Waals surface area contributed by atoms with Crippen LogP contribution in [0, 0.1) is 0 Å². The maximum atomic E-state index is 12.1. The van der Waals surface area contributed by atoms with E-state index in [4.69, 9.17) is 4.74 Å². The topological polar surface area (TPSA) is 87.7 Å². The first kappa shape index (κ1) is 19.1. The first-order valence-electron chi connectivity index (χ1n) is 8.43. The van der Waals surface area contributed by atoms with Gasteiger partial charge in [0, 0.05) is 37.5 Å². The number of amides is 2. The number of piperidine rings is 1. The minimum atomic E-state index is -0.727. The summed E-state index contributed by atoms with van der Waals surface area (Å²) in [6, 6.07) is 6.48. The van der Waals surface area contributed by atoms with Crippen LogP contribution in [0.15, 0.2) is 24.3 Å². The molecule has 0 unspecified atom stereocenters. The van der Waals surface area contributed by atoms with Crippen LogP contribution in [0.2, 0.25) is 0 Å². The summed E-state index contributed by atoms with van der Waals surface area (Å²) in [5.41, 5.74) is 0.914. The van der Waals surface area contributed by atoms with E-state index in [-0.39, 0.29) is 11.8 Å². The molecule has 1 aromatic rings. The van der Waals surface area contributed by atoms with Crippen LogP contribution < -0.4 is 10.6 Å². The summed E-state index contributed by atoms with van der Waals surface area (Å²) in [6.45, 7) is 4.59. The van der Waals surface area contributed by atoms with Crippen molar-refractivity contribution in [3.05, 3.63) is 29.8 Å². The third-order valence-electron chi connectivity index (χ3n) is 4.19. The summed E-state index contributed by atoms with van der Waals surface area (Å²) in [6.07, 6.45) is 1.82.